The van der Waals surface area contributed by atoms with E-state index < -0.39 is 20.0 Å². The number of aryl methyl sites for hydroxylation is 1. The van der Waals surface area contributed by atoms with Crippen molar-refractivity contribution in [3.05, 3.63) is 35.1 Å². The van der Waals surface area contributed by atoms with Crippen LogP contribution >= 0.6 is 11.6 Å². The van der Waals surface area contributed by atoms with Crippen LogP contribution in [0.4, 0.5) is 4.39 Å². The third kappa shape index (κ3) is 2.80. The number of sulfone groups is 1. The molecule has 0 saturated heterocycles. The SMILES string of the molecule is Cc1cc(C(Cl)C(C)(C)S(C)(=O)=O)ccc1F. The lowest BCUT2D eigenvalue weighted by molar-refractivity contribution is 0.543. The largest absolute Gasteiger partial charge is 0.229 e. The Hall–Kier alpha value is -0.610. The highest BCUT2D eigenvalue weighted by Crippen LogP contribution is 2.37. The molecule has 0 aromatic heterocycles. The monoisotopic (exact) mass is 278 g/mol. The van der Waals surface area contributed by atoms with Crippen molar-refractivity contribution in [1.29, 1.82) is 0 Å². The molecule has 96 valence electrons. The van der Waals surface area contributed by atoms with Gasteiger partial charge in [0.2, 0.25) is 0 Å². The number of halogens is 2. The summed E-state index contributed by atoms with van der Waals surface area (Å²) in [4.78, 5) is 0. The van der Waals surface area contributed by atoms with Crippen molar-refractivity contribution in [2.45, 2.75) is 30.9 Å². The maximum Gasteiger partial charge on any atom is 0.154 e. The Bertz CT molecular complexity index is 523. The highest BCUT2D eigenvalue weighted by molar-refractivity contribution is 7.92. The summed E-state index contributed by atoms with van der Waals surface area (Å²) in [5.74, 6) is -0.324. The van der Waals surface area contributed by atoms with E-state index in [2.05, 4.69) is 0 Å². The second-order valence-corrected chi connectivity index (χ2v) is 7.78. The highest BCUT2D eigenvalue weighted by Gasteiger charge is 2.38. The molecule has 2 nitrogen and oxygen atoms in total. The van der Waals surface area contributed by atoms with Gasteiger partial charge in [0, 0.05) is 6.26 Å². The first-order valence-electron chi connectivity index (χ1n) is 5.17. The van der Waals surface area contributed by atoms with Crippen molar-refractivity contribution < 1.29 is 12.8 Å². The van der Waals surface area contributed by atoms with Crippen LogP contribution in [0.3, 0.4) is 0 Å². The molecule has 17 heavy (non-hydrogen) atoms. The van der Waals surface area contributed by atoms with Gasteiger partial charge in [0.15, 0.2) is 9.84 Å². The lowest BCUT2D eigenvalue weighted by Crippen LogP contribution is -2.35. The fourth-order valence-electron chi connectivity index (χ4n) is 1.41. The minimum absolute atomic E-state index is 0.324. The van der Waals surface area contributed by atoms with Gasteiger partial charge in [-0.15, -0.1) is 11.6 Å². The number of rotatable bonds is 3. The zero-order valence-corrected chi connectivity index (χ0v) is 11.9. The van der Waals surface area contributed by atoms with Gasteiger partial charge in [-0.05, 0) is 38.0 Å². The summed E-state index contributed by atoms with van der Waals surface area (Å²) in [5, 5.41) is -0.711. The Morgan fingerprint density at radius 3 is 2.29 bits per heavy atom. The van der Waals surface area contributed by atoms with Gasteiger partial charge in [-0.3, -0.25) is 0 Å². The van der Waals surface area contributed by atoms with E-state index in [1.807, 2.05) is 0 Å². The number of hydrogen-bond donors (Lipinski definition) is 0. The molecule has 0 N–H and O–H groups in total. The molecule has 0 heterocycles. The van der Waals surface area contributed by atoms with E-state index in [9.17, 15) is 12.8 Å². The van der Waals surface area contributed by atoms with E-state index in [1.165, 1.54) is 12.1 Å². The maximum atomic E-state index is 13.1. The van der Waals surface area contributed by atoms with Crippen molar-refractivity contribution in [2.24, 2.45) is 0 Å². The molecule has 0 spiro atoms. The van der Waals surface area contributed by atoms with Crippen LogP contribution in [0, 0.1) is 12.7 Å². The maximum absolute atomic E-state index is 13.1. The van der Waals surface area contributed by atoms with E-state index in [4.69, 9.17) is 11.6 Å². The van der Waals surface area contributed by atoms with Gasteiger partial charge in [-0.25, -0.2) is 12.8 Å². The van der Waals surface area contributed by atoms with Gasteiger partial charge >= 0.3 is 0 Å². The van der Waals surface area contributed by atoms with Gasteiger partial charge in [0.05, 0.1) is 10.1 Å². The predicted octanol–water partition coefficient (Wildman–Crippen LogP) is 3.24. The lowest BCUT2D eigenvalue weighted by atomic mass is 9.99. The number of alkyl halides is 1. The summed E-state index contributed by atoms with van der Waals surface area (Å²) in [5.41, 5.74) is 1.07. The Morgan fingerprint density at radius 2 is 1.88 bits per heavy atom. The quantitative estimate of drug-likeness (QED) is 0.796. The molecule has 0 radical (unpaired) electrons. The summed E-state index contributed by atoms with van der Waals surface area (Å²) < 4.78 is 35.4. The fraction of sp³-hybridized carbons (Fsp3) is 0.500. The van der Waals surface area contributed by atoms with Crippen molar-refractivity contribution in [1.82, 2.24) is 0 Å². The molecule has 0 aliphatic carbocycles. The summed E-state index contributed by atoms with van der Waals surface area (Å²) >= 11 is 6.21. The van der Waals surface area contributed by atoms with E-state index in [-0.39, 0.29) is 5.82 Å². The van der Waals surface area contributed by atoms with Gasteiger partial charge in [0.1, 0.15) is 5.82 Å². The third-order valence-corrected chi connectivity index (χ3v) is 6.11. The van der Waals surface area contributed by atoms with E-state index >= 15 is 0 Å². The molecule has 0 aliphatic rings. The van der Waals surface area contributed by atoms with E-state index in [1.54, 1.807) is 26.8 Å². The van der Waals surface area contributed by atoms with Crippen LogP contribution in [0.5, 0.6) is 0 Å². The molecule has 0 fully saturated rings. The molecular formula is C12H16ClFO2S. The Labute approximate surface area is 107 Å². The summed E-state index contributed by atoms with van der Waals surface area (Å²) in [6.07, 6.45) is 1.15. The number of benzene rings is 1. The molecule has 1 atom stereocenters. The topological polar surface area (TPSA) is 34.1 Å². The summed E-state index contributed by atoms with van der Waals surface area (Å²) in [6.45, 7) is 4.76. The Morgan fingerprint density at radius 1 is 1.35 bits per heavy atom. The zero-order chi connectivity index (χ0) is 13.4. The zero-order valence-electron chi connectivity index (χ0n) is 10.3. The van der Waals surface area contributed by atoms with Crippen LogP contribution < -0.4 is 0 Å². The van der Waals surface area contributed by atoms with Gasteiger partial charge < -0.3 is 0 Å². The average molecular weight is 279 g/mol. The van der Waals surface area contributed by atoms with E-state index in [0.29, 0.717) is 11.1 Å². The minimum Gasteiger partial charge on any atom is -0.229 e. The van der Waals surface area contributed by atoms with Crippen LogP contribution in [0.25, 0.3) is 0 Å². The van der Waals surface area contributed by atoms with Crippen LogP contribution in [0.1, 0.15) is 30.4 Å². The second kappa shape index (κ2) is 4.58. The van der Waals surface area contributed by atoms with Crippen LogP contribution in [0.2, 0.25) is 0 Å². The van der Waals surface area contributed by atoms with Crippen LogP contribution in [-0.2, 0) is 9.84 Å². The molecular weight excluding hydrogens is 263 g/mol. The van der Waals surface area contributed by atoms with Crippen molar-refractivity contribution >= 4 is 21.4 Å². The smallest absolute Gasteiger partial charge is 0.154 e. The average Bonchev–Trinajstić information content (AvgIpc) is 2.19. The normalized spacial score (nSPS) is 14.7. The predicted molar refractivity (Wildman–Crippen MR) is 68.7 cm³/mol. The Kier molecular flexibility index (Phi) is 3.89. The minimum atomic E-state index is -3.30. The van der Waals surface area contributed by atoms with Gasteiger partial charge in [-0.2, -0.15) is 0 Å². The Balaban J connectivity index is 3.21. The molecule has 0 aliphatic heterocycles. The highest BCUT2D eigenvalue weighted by atomic mass is 35.5. The van der Waals surface area contributed by atoms with Crippen LogP contribution in [0.15, 0.2) is 18.2 Å². The lowest BCUT2D eigenvalue weighted by Gasteiger charge is -2.28. The summed E-state index contributed by atoms with van der Waals surface area (Å²) in [7, 11) is -3.30. The first-order chi connectivity index (χ1) is 7.57. The molecule has 1 rings (SSSR count). The fourth-order valence-corrected chi connectivity index (χ4v) is 2.55. The van der Waals surface area contributed by atoms with Gasteiger partial charge in [0.25, 0.3) is 0 Å². The first kappa shape index (κ1) is 14.5. The second-order valence-electron chi connectivity index (χ2n) is 4.75. The van der Waals surface area contributed by atoms with Crippen molar-refractivity contribution in [3.63, 3.8) is 0 Å². The molecule has 0 amide bonds. The number of hydrogen-bond acceptors (Lipinski definition) is 2. The van der Waals surface area contributed by atoms with Crippen molar-refractivity contribution in [3.8, 4) is 0 Å². The van der Waals surface area contributed by atoms with E-state index in [0.717, 1.165) is 6.26 Å². The van der Waals surface area contributed by atoms with Crippen LogP contribution in [-0.4, -0.2) is 19.4 Å². The van der Waals surface area contributed by atoms with Gasteiger partial charge in [-0.1, -0.05) is 12.1 Å². The molecule has 0 saturated carbocycles. The molecule has 5 heteroatoms. The molecule has 0 bridgehead atoms. The molecule has 1 aromatic carbocycles. The molecule has 1 unspecified atom stereocenters. The summed E-state index contributed by atoms with van der Waals surface area (Å²) in [6, 6.07) is 4.41. The first-order valence-corrected chi connectivity index (χ1v) is 7.50. The standard InChI is InChI=1S/C12H16ClFO2S/c1-8-7-9(5-6-10(8)14)11(13)12(2,3)17(4,15)16/h5-7,11H,1-4H3. The molecule has 1 aromatic rings. The third-order valence-electron chi connectivity index (χ3n) is 3.04. The van der Waals surface area contributed by atoms with Crippen molar-refractivity contribution in [2.75, 3.05) is 6.26 Å².